The molecule has 4 aromatic rings. The zero-order valence-electron chi connectivity index (χ0n) is 15.8. The van der Waals surface area contributed by atoms with Crippen LogP contribution in [0.5, 0.6) is 11.6 Å². The van der Waals surface area contributed by atoms with Gasteiger partial charge in [-0.15, -0.1) is 0 Å². The second kappa shape index (κ2) is 8.39. The van der Waals surface area contributed by atoms with Gasteiger partial charge in [-0.3, -0.25) is 4.79 Å². The quantitative estimate of drug-likeness (QED) is 0.517. The van der Waals surface area contributed by atoms with E-state index in [1.807, 2.05) is 49.4 Å². The standard InChI is InChI=1S/C23H19N3O3/c1-16-10-11-20(28-16)14-24-23(27)18-8-5-9-19(12-18)29-22-13-21(25-15-26-22)17-6-3-2-4-7-17/h2-13,15H,14H2,1H3,(H,24,27). The predicted octanol–water partition coefficient (Wildman–Crippen LogP) is 4.77. The lowest BCUT2D eigenvalue weighted by Crippen LogP contribution is -2.22. The summed E-state index contributed by atoms with van der Waals surface area (Å²) in [4.78, 5) is 20.9. The van der Waals surface area contributed by atoms with E-state index >= 15 is 0 Å². The van der Waals surface area contributed by atoms with Crippen molar-refractivity contribution in [2.75, 3.05) is 0 Å². The first kappa shape index (κ1) is 18.4. The number of furan rings is 1. The van der Waals surface area contributed by atoms with Crippen LogP contribution in [-0.4, -0.2) is 15.9 Å². The zero-order chi connectivity index (χ0) is 20.1. The lowest BCUT2D eigenvalue weighted by atomic mass is 10.1. The van der Waals surface area contributed by atoms with Gasteiger partial charge in [0.05, 0.1) is 12.2 Å². The van der Waals surface area contributed by atoms with Crippen molar-refractivity contribution in [3.63, 3.8) is 0 Å². The molecule has 0 atom stereocenters. The molecule has 6 nitrogen and oxygen atoms in total. The van der Waals surface area contributed by atoms with Crippen LogP contribution in [0.25, 0.3) is 11.3 Å². The smallest absolute Gasteiger partial charge is 0.251 e. The Kier molecular flexibility index (Phi) is 5.33. The first-order valence-corrected chi connectivity index (χ1v) is 9.16. The number of amides is 1. The van der Waals surface area contributed by atoms with Gasteiger partial charge in [0.15, 0.2) is 0 Å². The van der Waals surface area contributed by atoms with Crippen molar-refractivity contribution in [3.8, 4) is 22.9 Å². The Hall–Kier alpha value is -3.93. The van der Waals surface area contributed by atoms with E-state index < -0.39 is 0 Å². The van der Waals surface area contributed by atoms with Crippen molar-refractivity contribution in [1.29, 1.82) is 0 Å². The van der Waals surface area contributed by atoms with E-state index in [4.69, 9.17) is 9.15 Å². The molecule has 0 aliphatic rings. The summed E-state index contributed by atoms with van der Waals surface area (Å²) < 4.78 is 11.3. The first-order valence-electron chi connectivity index (χ1n) is 9.16. The number of hydrogen-bond acceptors (Lipinski definition) is 5. The van der Waals surface area contributed by atoms with Crippen LogP contribution < -0.4 is 10.1 Å². The summed E-state index contributed by atoms with van der Waals surface area (Å²) in [5.41, 5.74) is 2.22. The average Bonchev–Trinajstić information content (AvgIpc) is 3.18. The molecule has 29 heavy (non-hydrogen) atoms. The van der Waals surface area contributed by atoms with Gasteiger partial charge in [-0.2, -0.15) is 0 Å². The molecule has 0 fully saturated rings. The highest BCUT2D eigenvalue weighted by molar-refractivity contribution is 5.94. The summed E-state index contributed by atoms with van der Waals surface area (Å²) in [6, 6.07) is 22.2. The van der Waals surface area contributed by atoms with Gasteiger partial charge in [-0.05, 0) is 37.3 Å². The van der Waals surface area contributed by atoms with Gasteiger partial charge in [0, 0.05) is 17.2 Å². The Bertz CT molecular complexity index is 1120. The van der Waals surface area contributed by atoms with Crippen LogP contribution in [0, 0.1) is 6.92 Å². The maximum absolute atomic E-state index is 12.4. The SMILES string of the molecule is Cc1ccc(CNC(=O)c2cccc(Oc3cc(-c4ccccc4)ncn3)c2)o1. The monoisotopic (exact) mass is 385 g/mol. The lowest BCUT2D eigenvalue weighted by molar-refractivity contribution is 0.0947. The zero-order valence-corrected chi connectivity index (χ0v) is 15.8. The molecule has 0 unspecified atom stereocenters. The number of nitrogens with one attached hydrogen (secondary N) is 1. The van der Waals surface area contributed by atoms with Crippen molar-refractivity contribution in [2.24, 2.45) is 0 Å². The lowest BCUT2D eigenvalue weighted by Gasteiger charge is -2.08. The van der Waals surface area contributed by atoms with Gasteiger partial charge >= 0.3 is 0 Å². The average molecular weight is 385 g/mol. The fraction of sp³-hybridized carbons (Fsp3) is 0.0870. The topological polar surface area (TPSA) is 77.2 Å². The largest absolute Gasteiger partial charge is 0.465 e. The third kappa shape index (κ3) is 4.68. The van der Waals surface area contributed by atoms with E-state index in [0.717, 1.165) is 17.0 Å². The van der Waals surface area contributed by atoms with Crippen molar-refractivity contribution in [2.45, 2.75) is 13.5 Å². The number of benzene rings is 2. The summed E-state index contributed by atoms with van der Waals surface area (Å²) in [5.74, 6) is 2.23. The highest BCUT2D eigenvalue weighted by atomic mass is 16.5. The van der Waals surface area contributed by atoms with Crippen LogP contribution in [0.3, 0.4) is 0 Å². The third-order valence-corrected chi connectivity index (χ3v) is 4.25. The molecule has 0 bridgehead atoms. The van der Waals surface area contributed by atoms with E-state index in [1.165, 1.54) is 6.33 Å². The molecule has 1 N–H and O–H groups in total. The minimum atomic E-state index is -0.211. The number of carbonyl (C=O) groups is 1. The fourth-order valence-corrected chi connectivity index (χ4v) is 2.83. The van der Waals surface area contributed by atoms with E-state index in [9.17, 15) is 4.79 Å². The summed E-state index contributed by atoms with van der Waals surface area (Å²) >= 11 is 0. The molecule has 0 saturated heterocycles. The second-order valence-electron chi connectivity index (χ2n) is 6.43. The van der Waals surface area contributed by atoms with Crippen LogP contribution in [0.2, 0.25) is 0 Å². The molecule has 1 amide bonds. The van der Waals surface area contributed by atoms with E-state index in [0.29, 0.717) is 29.5 Å². The maximum atomic E-state index is 12.4. The second-order valence-corrected chi connectivity index (χ2v) is 6.43. The molecule has 6 heteroatoms. The first-order chi connectivity index (χ1) is 14.2. The number of aromatic nitrogens is 2. The molecule has 0 radical (unpaired) electrons. The highest BCUT2D eigenvalue weighted by Crippen LogP contribution is 2.24. The number of nitrogens with zero attached hydrogens (tertiary/aromatic N) is 2. The fourth-order valence-electron chi connectivity index (χ4n) is 2.83. The van der Waals surface area contributed by atoms with Crippen LogP contribution in [0.4, 0.5) is 0 Å². The minimum Gasteiger partial charge on any atom is -0.465 e. The van der Waals surface area contributed by atoms with Gasteiger partial charge in [0.25, 0.3) is 5.91 Å². The van der Waals surface area contributed by atoms with Gasteiger partial charge in [-0.25, -0.2) is 9.97 Å². The number of ether oxygens (including phenoxy) is 1. The van der Waals surface area contributed by atoms with E-state index in [1.54, 1.807) is 30.3 Å². The van der Waals surface area contributed by atoms with Crippen LogP contribution in [0.1, 0.15) is 21.9 Å². The molecule has 144 valence electrons. The maximum Gasteiger partial charge on any atom is 0.251 e. The van der Waals surface area contributed by atoms with Crippen molar-refractivity contribution in [3.05, 3.63) is 96.2 Å². The molecule has 2 heterocycles. The van der Waals surface area contributed by atoms with Crippen LogP contribution >= 0.6 is 0 Å². The molecule has 0 aliphatic carbocycles. The van der Waals surface area contributed by atoms with Crippen LogP contribution in [-0.2, 0) is 6.54 Å². The summed E-state index contributed by atoms with van der Waals surface area (Å²) in [7, 11) is 0. The van der Waals surface area contributed by atoms with Gasteiger partial charge in [-0.1, -0.05) is 36.4 Å². The molecule has 0 spiro atoms. The Morgan fingerprint density at radius 3 is 2.66 bits per heavy atom. The molecule has 0 aliphatic heterocycles. The Morgan fingerprint density at radius 1 is 1.00 bits per heavy atom. The minimum absolute atomic E-state index is 0.211. The number of carbonyl (C=O) groups excluding carboxylic acids is 1. The number of rotatable bonds is 6. The molecule has 0 saturated carbocycles. The summed E-state index contributed by atoms with van der Waals surface area (Å²) in [6.45, 7) is 2.19. The molecule has 4 rings (SSSR count). The van der Waals surface area contributed by atoms with Crippen molar-refractivity contribution >= 4 is 5.91 Å². The number of hydrogen-bond donors (Lipinski definition) is 1. The molecular formula is C23H19N3O3. The normalized spacial score (nSPS) is 10.5. The summed E-state index contributed by atoms with van der Waals surface area (Å²) in [6.07, 6.45) is 1.46. The number of aryl methyl sites for hydroxylation is 1. The molecular weight excluding hydrogens is 366 g/mol. The third-order valence-electron chi connectivity index (χ3n) is 4.25. The Labute approximate surface area is 168 Å². The van der Waals surface area contributed by atoms with E-state index in [-0.39, 0.29) is 5.91 Å². The Balaban J connectivity index is 1.45. The summed E-state index contributed by atoms with van der Waals surface area (Å²) in [5, 5.41) is 2.84. The van der Waals surface area contributed by atoms with Gasteiger partial charge in [0.2, 0.25) is 5.88 Å². The molecule has 2 aromatic carbocycles. The van der Waals surface area contributed by atoms with Crippen molar-refractivity contribution in [1.82, 2.24) is 15.3 Å². The van der Waals surface area contributed by atoms with E-state index in [2.05, 4.69) is 15.3 Å². The van der Waals surface area contributed by atoms with Gasteiger partial charge < -0.3 is 14.5 Å². The Morgan fingerprint density at radius 2 is 1.86 bits per heavy atom. The van der Waals surface area contributed by atoms with Crippen molar-refractivity contribution < 1.29 is 13.9 Å². The van der Waals surface area contributed by atoms with Gasteiger partial charge in [0.1, 0.15) is 23.6 Å². The molecule has 2 aromatic heterocycles. The highest BCUT2D eigenvalue weighted by Gasteiger charge is 2.09. The van der Waals surface area contributed by atoms with Crippen LogP contribution in [0.15, 0.2) is 83.5 Å². The predicted molar refractivity (Wildman–Crippen MR) is 109 cm³/mol.